The highest BCUT2D eigenvalue weighted by Gasteiger charge is 2.28. The number of aryl methyl sites for hydroxylation is 1. The summed E-state index contributed by atoms with van der Waals surface area (Å²) in [6.07, 6.45) is 2.96. The fourth-order valence-corrected chi connectivity index (χ4v) is 2.96. The lowest BCUT2D eigenvalue weighted by Crippen LogP contribution is -2.29. The van der Waals surface area contributed by atoms with Gasteiger partial charge in [0.05, 0.1) is 17.5 Å². The van der Waals surface area contributed by atoms with Crippen LogP contribution < -0.4 is 5.32 Å². The van der Waals surface area contributed by atoms with Crippen LogP contribution >= 0.6 is 0 Å². The molecular weight excluding hydrogens is 309 g/mol. The number of carbonyl (C=O) groups excluding carboxylic acids is 1. The number of imidazole rings is 1. The Hall–Kier alpha value is -1.95. The Balaban J connectivity index is 0.00000208. The van der Waals surface area contributed by atoms with Gasteiger partial charge in [-0.3, -0.25) is 10.1 Å². The minimum absolute atomic E-state index is 0. The lowest BCUT2D eigenvalue weighted by molar-refractivity contribution is -0.119. The highest BCUT2D eigenvalue weighted by atomic mass is 19.1. The van der Waals surface area contributed by atoms with Crippen molar-refractivity contribution in [1.29, 1.82) is 0 Å². The van der Waals surface area contributed by atoms with Gasteiger partial charge in [-0.15, -0.1) is 0 Å². The molecule has 1 amide bonds. The van der Waals surface area contributed by atoms with Crippen LogP contribution in [0.1, 0.15) is 58.6 Å². The van der Waals surface area contributed by atoms with Crippen molar-refractivity contribution in [3.05, 3.63) is 23.5 Å². The van der Waals surface area contributed by atoms with Gasteiger partial charge in [0.1, 0.15) is 11.3 Å². The normalized spacial score (nSPS) is 15.0. The molecule has 1 aromatic carbocycles. The second-order valence-electron chi connectivity index (χ2n) is 7.04. The number of fused-ring (bicyclic) bond motifs is 1. The third-order valence-corrected chi connectivity index (χ3v) is 4.17. The Morgan fingerprint density at radius 2 is 2.12 bits per heavy atom. The van der Waals surface area contributed by atoms with Crippen molar-refractivity contribution in [2.24, 2.45) is 0 Å². The molecule has 24 heavy (non-hydrogen) atoms. The smallest absolute Gasteiger partial charge is 0.229 e. The van der Waals surface area contributed by atoms with E-state index in [-0.39, 0.29) is 31.6 Å². The van der Waals surface area contributed by atoms with E-state index in [4.69, 9.17) is 0 Å². The second-order valence-corrected chi connectivity index (χ2v) is 7.04. The molecule has 2 aromatic rings. The third kappa shape index (κ3) is 3.59. The van der Waals surface area contributed by atoms with Gasteiger partial charge in [-0.1, -0.05) is 7.43 Å². The fourth-order valence-electron chi connectivity index (χ4n) is 2.96. The Morgan fingerprint density at radius 1 is 1.46 bits per heavy atom. The van der Waals surface area contributed by atoms with Gasteiger partial charge in [0.15, 0.2) is 0 Å². The van der Waals surface area contributed by atoms with Gasteiger partial charge in [0.2, 0.25) is 11.9 Å². The molecule has 0 unspecified atom stereocenters. The summed E-state index contributed by atoms with van der Waals surface area (Å²) in [5.41, 5.74) is 0.689. The number of halogens is 1. The molecule has 6 heteroatoms. The average molecular weight is 335 g/mol. The number of carbonyl (C=O) groups is 1. The number of nitrogens with zero attached hydrogens (tertiary/aromatic N) is 2. The zero-order valence-corrected chi connectivity index (χ0v) is 13.7. The molecule has 1 saturated carbocycles. The lowest BCUT2D eigenvalue weighted by atomic mass is 9.92. The zero-order chi connectivity index (χ0) is 16.8. The molecule has 1 aliphatic rings. The number of anilines is 1. The molecule has 1 fully saturated rings. The average Bonchev–Trinajstić information content (AvgIpc) is 2.62. The van der Waals surface area contributed by atoms with Crippen LogP contribution in [0, 0.1) is 12.7 Å². The van der Waals surface area contributed by atoms with Gasteiger partial charge < -0.3 is 9.67 Å². The number of aliphatic hydroxyl groups is 1. The molecule has 0 saturated heterocycles. The molecule has 0 aliphatic heterocycles. The molecule has 1 aliphatic carbocycles. The van der Waals surface area contributed by atoms with Crippen molar-refractivity contribution in [2.45, 2.75) is 65.5 Å². The monoisotopic (exact) mass is 335 g/mol. The van der Waals surface area contributed by atoms with Crippen LogP contribution in [-0.4, -0.2) is 26.2 Å². The fraction of sp³-hybridized carbons (Fsp3) is 0.556. The van der Waals surface area contributed by atoms with Crippen molar-refractivity contribution >= 4 is 22.9 Å². The summed E-state index contributed by atoms with van der Waals surface area (Å²) in [6.45, 7) is 4.96. The van der Waals surface area contributed by atoms with E-state index >= 15 is 0 Å². The maximum absolute atomic E-state index is 14.4. The predicted molar refractivity (Wildman–Crippen MR) is 93.6 cm³/mol. The van der Waals surface area contributed by atoms with Crippen LogP contribution in [0.5, 0.6) is 0 Å². The molecule has 0 atom stereocenters. The molecule has 1 aromatic heterocycles. The Labute approximate surface area is 141 Å². The van der Waals surface area contributed by atoms with Crippen molar-refractivity contribution in [2.75, 3.05) is 5.32 Å². The van der Waals surface area contributed by atoms with Crippen LogP contribution in [0.3, 0.4) is 0 Å². The van der Waals surface area contributed by atoms with Crippen LogP contribution in [0.4, 0.5) is 10.3 Å². The van der Waals surface area contributed by atoms with Gasteiger partial charge in [-0.05, 0) is 57.7 Å². The molecule has 0 bridgehead atoms. The molecule has 132 valence electrons. The number of hydrogen-bond donors (Lipinski definition) is 2. The predicted octanol–water partition coefficient (Wildman–Crippen LogP) is 3.94. The van der Waals surface area contributed by atoms with Crippen LogP contribution in [0.15, 0.2) is 12.1 Å². The van der Waals surface area contributed by atoms with Gasteiger partial charge in [-0.25, -0.2) is 9.37 Å². The summed E-state index contributed by atoms with van der Waals surface area (Å²) in [5, 5.41) is 12.5. The van der Waals surface area contributed by atoms with Crippen molar-refractivity contribution < 1.29 is 14.3 Å². The Kier molecular flexibility index (Phi) is 4.99. The largest absolute Gasteiger partial charge is 0.390 e. The van der Waals surface area contributed by atoms with Crippen molar-refractivity contribution in [3.63, 3.8) is 0 Å². The summed E-state index contributed by atoms with van der Waals surface area (Å²) >= 11 is 0. The first-order chi connectivity index (χ1) is 10.7. The topological polar surface area (TPSA) is 67.2 Å². The Bertz CT molecular complexity index is 758. The van der Waals surface area contributed by atoms with E-state index in [2.05, 4.69) is 10.3 Å². The van der Waals surface area contributed by atoms with E-state index in [0.717, 1.165) is 24.8 Å². The lowest BCUT2D eigenvalue weighted by Gasteiger charge is -2.29. The van der Waals surface area contributed by atoms with Gasteiger partial charge in [0.25, 0.3) is 0 Å². The van der Waals surface area contributed by atoms with E-state index in [1.807, 2.05) is 13.0 Å². The second kappa shape index (κ2) is 6.51. The maximum Gasteiger partial charge on any atom is 0.229 e. The molecule has 0 radical (unpaired) electrons. The first-order valence-corrected chi connectivity index (χ1v) is 7.95. The summed E-state index contributed by atoms with van der Waals surface area (Å²) in [7, 11) is 0. The molecule has 2 N–H and O–H groups in total. The number of aromatic nitrogens is 2. The highest BCUT2D eigenvalue weighted by Crippen LogP contribution is 2.38. The van der Waals surface area contributed by atoms with Crippen molar-refractivity contribution in [1.82, 2.24) is 9.55 Å². The number of hydrogen-bond acceptors (Lipinski definition) is 3. The number of nitrogens with one attached hydrogen (secondary N) is 1. The number of amides is 1. The van der Waals surface area contributed by atoms with E-state index in [1.54, 1.807) is 18.4 Å². The van der Waals surface area contributed by atoms with Gasteiger partial charge >= 0.3 is 0 Å². The maximum atomic E-state index is 14.4. The van der Waals surface area contributed by atoms with E-state index < -0.39 is 5.60 Å². The van der Waals surface area contributed by atoms with Crippen LogP contribution in [0.25, 0.3) is 11.0 Å². The summed E-state index contributed by atoms with van der Waals surface area (Å²) in [5.74, 6) is -0.281. The van der Waals surface area contributed by atoms with Gasteiger partial charge in [0, 0.05) is 6.04 Å². The molecule has 1 heterocycles. The van der Waals surface area contributed by atoms with E-state index in [0.29, 0.717) is 17.0 Å². The molecule has 3 rings (SSSR count). The standard InChI is InChI=1S/C17H22FN3O2.CH4/c1-10-7-12(18)15-13(8-10)19-16(21(15)11-5-4-6-11)20-14(22)9-17(2,3)23;/h7-8,11,23H,4-6,9H2,1-3H3,(H,19,20,22);1H4. The number of rotatable bonds is 4. The van der Waals surface area contributed by atoms with Crippen molar-refractivity contribution in [3.8, 4) is 0 Å². The van der Waals surface area contributed by atoms with E-state index in [1.165, 1.54) is 6.07 Å². The SMILES string of the molecule is C.Cc1cc(F)c2c(c1)nc(NC(=O)CC(C)(C)O)n2C1CCC1. The summed E-state index contributed by atoms with van der Waals surface area (Å²) in [6, 6.07) is 3.47. The zero-order valence-electron chi connectivity index (χ0n) is 13.7. The van der Waals surface area contributed by atoms with E-state index in [9.17, 15) is 14.3 Å². The minimum Gasteiger partial charge on any atom is -0.390 e. The molecular formula is C18H26FN3O2. The highest BCUT2D eigenvalue weighted by molar-refractivity contribution is 5.92. The van der Waals surface area contributed by atoms with Crippen LogP contribution in [-0.2, 0) is 4.79 Å². The quantitative estimate of drug-likeness (QED) is 0.889. The summed E-state index contributed by atoms with van der Waals surface area (Å²) < 4.78 is 16.2. The van der Waals surface area contributed by atoms with Crippen LogP contribution in [0.2, 0.25) is 0 Å². The summed E-state index contributed by atoms with van der Waals surface area (Å²) in [4.78, 5) is 16.5. The first kappa shape index (κ1) is 18.4. The minimum atomic E-state index is -1.10. The molecule has 5 nitrogen and oxygen atoms in total. The van der Waals surface area contributed by atoms with Gasteiger partial charge in [-0.2, -0.15) is 0 Å². The number of benzene rings is 1. The third-order valence-electron chi connectivity index (χ3n) is 4.17. The molecule has 0 spiro atoms. The Morgan fingerprint density at radius 3 is 2.67 bits per heavy atom. The first-order valence-electron chi connectivity index (χ1n) is 7.95.